The fraction of sp³-hybridized carbons (Fsp3) is 0.200. The average Bonchev–Trinajstić information content (AvgIpc) is 2.53. The Balaban J connectivity index is 2.16. The van der Waals surface area contributed by atoms with Crippen molar-refractivity contribution in [3.05, 3.63) is 65.5 Å². The number of aromatic carboxylic acids is 1. The third kappa shape index (κ3) is 3.00. The van der Waals surface area contributed by atoms with E-state index in [0.717, 1.165) is 5.56 Å². The molecule has 0 aliphatic heterocycles. The highest BCUT2D eigenvalue weighted by Crippen LogP contribution is 2.28. The molecule has 1 heterocycles. The predicted molar refractivity (Wildman–Crippen MR) is 92.8 cm³/mol. The van der Waals surface area contributed by atoms with Crippen molar-refractivity contribution in [3.8, 4) is 11.3 Å². The van der Waals surface area contributed by atoms with Crippen LogP contribution in [-0.4, -0.2) is 16.1 Å². The number of benzene rings is 2. The molecule has 0 saturated heterocycles. The summed E-state index contributed by atoms with van der Waals surface area (Å²) in [7, 11) is 0. The SMILES string of the molecule is CC(C)(C)c1ccc(-c2cc(C(=O)O)c3cc(F)ccc3n2)cc1. The Kier molecular flexibility index (Phi) is 3.84. The highest BCUT2D eigenvalue weighted by atomic mass is 19.1. The van der Waals surface area contributed by atoms with Gasteiger partial charge in [0.05, 0.1) is 16.8 Å². The Hall–Kier alpha value is -2.75. The molecule has 0 amide bonds. The maximum absolute atomic E-state index is 13.4. The van der Waals surface area contributed by atoms with Gasteiger partial charge < -0.3 is 5.11 Å². The van der Waals surface area contributed by atoms with E-state index in [1.807, 2.05) is 24.3 Å². The molecule has 0 spiro atoms. The van der Waals surface area contributed by atoms with Crippen LogP contribution in [0.4, 0.5) is 4.39 Å². The van der Waals surface area contributed by atoms with Gasteiger partial charge in [0.15, 0.2) is 0 Å². The fourth-order valence-electron chi connectivity index (χ4n) is 2.66. The number of carboxylic acids is 1. The molecule has 0 unspecified atom stereocenters. The Morgan fingerprint density at radius 2 is 1.71 bits per heavy atom. The Labute approximate surface area is 139 Å². The molecule has 0 bridgehead atoms. The molecule has 3 nitrogen and oxygen atoms in total. The van der Waals surface area contributed by atoms with Crippen LogP contribution >= 0.6 is 0 Å². The maximum atomic E-state index is 13.4. The summed E-state index contributed by atoms with van der Waals surface area (Å²) in [5, 5.41) is 9.75. The summed E-state index contributed by atoms with van der Waals surface area (Å²) >= 11 is 0. The van der Waals surface area contributed by atoms with Crippen LogP contribution in [0, 0.1) is 5.82 Å². The van der Waals surface area contributed by atoms with Crippen molar-refractivity contribution in [2.75, 3.05) is 0 Å². The first-order valence-corrected chi connectivity index (χ1v) is 7.70. The van der Waals surface area contributed by atoms with Gasteiger partial charge in [0, 0.05) is 10.9 Å². The van der Waals surface area contributed by atoms with Crippen LogP contribution in [0.15, 0.2) is 48.5 Å². The molecule has 4 heteroatoms. The Morgan fingerprint density at radius 3 is 2.29 bits per heavy atom. The van der Waals surface area contributed by atoms with Crippen molar-refractivity contribution in [3.63, 3.8) is 0 Å². The second-order valence-electron chi connectivity index (χ2n) is 6.85. The number of carboxylic acid groups (broad SMARTS) is 1. The lowest BCUT2D eigenvalue weighted by Crippen LogP contribution is -2.10. The Morgan fingerprint density at radius 1 is 1.04 bits per heavy atom. The van der Waals surface area contributed by atoms with E-state index < -0.39 is 11.8 Å². The topological polar surface area (TPSA) is 50.2 Å². The van der Waals surface area contributed by atoms with Gasteiger partial charge in [-0.3, -0.25) is 0 Å². The van der Waals surface area contributed by atoms with Gasteiger partial charge in [-0.25, -0.2) is 14.2 Å². The number of aromatic nitrogens is 1. The molecule has 0 atom stereocenters. The standard InChI is InChI=1S/C20H18FNO2/c1-20(2,3)13-6-4-12(5-7-13)18-11-16(19(23)24)15-10-14(21)8-9-17(15)22-18/h4-11H,1-3H3,(H,23,24). The normalized spacial score (nSPS) is 11.7. The van der Waals surface area contributed by atoms with Gasteiger partial charge >= 0.3 is 5.97 Å². The van der Waals surface area contributed by atoms with Crippen LogP contribution < -0.4 is 0 Å². The van der Waals surface area contributed by atoms with Gasteiger partial charge in [0.2, 0.25) is 0 Å². The first kappa shape index (κ1) is 16.1. The average molecular weight is 323 g/mol. The van der Waals surface area contributed by atoms with Crippen LogP contribution in [0.5, 0.6) is 0 Å². The molecule has 3 rings (SSSR count). The molecule has 3 aromatic rings. The zero-order chi connectivity index (χ0) is 17.5. The van der Waals surface area contributed by atoms with Crippen LogP contribution in [0.2, 0.25) is 0 Å². The molecule has 0 aliphatic carbocycles. The van der Waals surface area contributed by atoms with E-state index in [2.05, 4.69) is 25.8 Å². The number of halogens is 1. The van der Waals surface area contributed by atoms with Gasteiger partial charge in [-0.1, -0.05) is 45.0 Å². The number of hydrogen-bond acceptors (Lipinski definition) is 2. The summed E-state index contributed by atoms with van der Waals surface area (Å²) < 4.78 is 13.4. The molecule has 1 N–H and O–H groups in total. The highest BCUT2D eigenvalue weighted by Gasteiger charge is 2.16. The summed E-state index contributed by atoms with van der Waals surface area (Å²) in [5.41, 5.74) is 3.14. The molecule has 0 radical (unpaired) electrons. The van der Waals surface area contributed by atoms with Gasteiger partial charge in [0.25, 0.3) is 0 Å². The zero-order valence-corrected chi connectivity index (χ0v) is 13.8. The van der Waals surface area contributed by atoms with E-state index in [9.17, 15) is 14.3 Å². The maximum Gasteiger partial charge on any atom is 0.336 e. The second kappa shape index (κ2) is 5.71. The lowest BCUT2D eigenvalue weighted by molar-refractivity contribution is 0.0699. The molecule has 2 aromatic carbocycles. The summed E-state index contributed by atoms with van der Waals surface area (Å²) in [6.07, 6.45) is 0. The molecule has 24 heavy (non-hydrogen) atoms. The zero-order valence-electron chi connectivity index (χ0n) is 13.8. The third-order valence-corrected chi connectivity index (χ3v) is 4.05. The van der Waals surface area contributed by atoms with E-state index in [-0.39, 0.29) is 11.0 Å². The Bertz CT molecular complexity index is 925. The largest absolute Gasteiger partial charge is 0.478 e. The lowest BCUT2D eigenvalue weighted by atomic mass is 9.86. The van der Waals surface area contributed by atoms with E-state index in [1.165, 1.54) is 29.8 Å². The summed E-state index contributed by atoms with van der Waals surface area (Å²) in [4.78, 5) is 16.0. The quantitative estimate of drug-likeness (QED) is 0.719. The molecule has 0 fully saturated rings. The van der Waals surface area contributed by atoms with Gasteiger partial charge in [-0.15, -0.1) is 0 Å². The number of hydrogen-bond donors (Lipinski definition) is 1. The van der Waals surface area contributed by atoms with E-state index in [4.69, 9.17) is 0 Å². The smallest absolute Gasteiger partial charge is 0.336 e. The molecule has 122 valence electrons. The van der Waals surface area contributed by atoms with Crippen molar-refractivity contribution in [1.82, 2.24) is 4.98 Å². The number of nitrogens with zero attached hydrogens (tertiary/aromatic N) is 1. The number of carbonyl (C=O) groups is 1. The first-order chi connectivity index (χ1) is 11.3. The van der Waals surface area contributed by atoms with Gasteiger partial charge in [-0.05, 0) is 35.2 Å². The third-order valence-electron chi connectivity index (χ3n) is 4.05. The van der Waals surface area contributed by atoms with E-state index >= 15 is 0 Å². The molecular weight excluding hydrogens is 305 g/mol. The summed E-state index contributed by atoms with van der Waals surface area (Å²) in [5.74, 6) is -1.57. The first-order valence-electron chi connectivity index (χ1n) is 7.70. The van der Waals surface area contributed by atoms with Crippen molar-refractivity contribution in [2.45, 2.75) is 26.2 Å². The summed E-state index contributed by atoms with van der Waals surface area (Å²) in [6.45, 7) is 6.40. The second-order valence-corrected chi connectivity index (χ2v) is 6.85. The van der Waals surface area contributed by atoms with Crippen LogP contribution in [-0.2, 0) is 5.41 Å². The van der Waals surface area contributed by atoms with E-state index in [0.29, 0.717) is 16.6 Å². The van der Waals surface area contributed by atoms with Crippen molar-refractivity contribution in [1.29, 1.82) is 0 Å². The fourth-order valence-corrected chi connectivity index (χ4v) is 2.66. The summed E-state index contributed by atoms with van der Waals surface area (Å²) in [6, 6.07) is 13.4. The molecule has 1 aromatic heterocycles. The van der Waals surface area contributed by atoms with Gasteiger partial charge in [-0.2, -0.15) is 0 Å². The van der Waals surface area contributed by atoms with Crippen molar-refractivity contribution in [2.24, 2.45) is 0 Å². The number of pyridine rings is 1. The lowest BCUT2D eigenvalue weighted by Gasteiger charge is -2.19. The van der Waals surface area contributed by atoms with Crippen LogP contribution in [0.1, 0.15) is 36.7 Å². The molecule has 0 saturated carbocycles. The van der Waals surface area contributed by atoms with Crippen molar-refractivity contribution >= 4 is 16.9 Å². The minimum atomic E-state index is -1.10. The van der Waals surface area contributed by atoms with Gasteiger partial charge in [0.1, 0.15) is 5.82 Å². The number of rotatable bonds is 2. The molecular formula is C20H18FNO2. The monoisotopic (exact) mass is 323 g/mol. The minimum Gasteiger partial charge on any atom is -0.478 e. The minimum absolute atomic E-state index is 0.0408. The van der Waals surface area contributed by atoms with E-state index in [1.54, 1.807) is 0 Å². The predicted octanol–water partition coefficient (Wildman–Crippen LogP) is 5.04. The highest BCUT2D eigenvalue weighted by molar-refractivity contribution is 6.03. The molecule has 0 aliphatic rings. The van der Waals surface area contributed by atoms with Crippen LogP contribution in [0.3, 0.4) is 0 Å². The van der Waals surface area contributed by atoms with Crippen LogP contribution in [0.25, 0.3) is 22.2 Å². The number of fused-ring (bicyclic) bond motifs is 1. The van der Waals surface area contributed by atoms with Crippen molar-refractivity contribution < 1.29 is 14.3 Å².